The Bertz CT molecular complexity index is 535. The Morgan fingerprint density at radius 3 is 2.11 bits per heavy atom. The molecule has 1 nitrogen and oxygen atoms in total. The maximum Gasteiger partial charge on any atom is 0.104 e. The summed E-state index contributed by atoms with van der Waals surface area (Å²) in [5.41, 5.74) is 2.85. The van der Waals surface area contributed by atoms with Crippen LogP contribution >= 0.6 is 23.2 Å². The fourth-order valence-electron chi connectivity index (χ4n) is 1.81. The van der Waals surface area contributed by atoms with E-state index in [2.05, 4.69) is 6.92 Å². The number of aryl methyl sites for hydroxylation is 1. The molecule has 0 spiro atoms. The van der Waals surface area contributed by atoms with Crippen LogP contribution in [-0.4, -0.2) is 5.11 Å². The molecule has 0 amide bonds. The molecule has 1 atom stereocenters. The van der Waals surface area contributed by atoms with Gasteiger partial charge in [-0.05, 0) is 35.2 Å². The lowest BCUT2D eigenvalue weighted by atomic mass is 10.00. The number of rotatable bonds is 3. The summed E-state index contributed by atoms with van der Waals surface area (Å²) in [4.78, 5) is 0. The lowest BCUT2D eigenvalue weighted by Gasteiger charge is -2.12. The van der Waals surface area contributed by atoms with Crippen LogP contribution in [0.5, 0.6) is 0 Å². The highest BCUT2D eigenvalue weighted by Gasteiger charge is 2.11. The Hall–Kier alpha value is -1.02. The molecule has 1 N–H and O–H groups in total. The zero-order valence-corrected chi connectivity index (χ0v) is 11.5. The topological polar surface area (TPSA) is 20.2 Å². The summed E-state index contributed by atoms with van der Waals surface area (Å²) in [6.45, 7) is 2.10. The first kappa shape index (κ1) is 13.4. The van der Waals surface area contributed by atoms with E-state index in [-0.39, 0.29) is 0 Å². The molecule has 0 fully saturated rings. The first-order valence-corrected chi connectivity index (χ1v) is 6.59. The Labute approximate surface area is 117 Å². The van der Waals surface area contributed by atoms with Gasteiger partial charge in [0, 0.05) is 0 Å². The Kier molecular flexibility index (Phi) is 4.28. The van der Waals surface area contributed by atoms with Crippen LogP contribution in [0.3, 0.4) is 0 Å². The lowest BCUT2D eigenvalue weighted by Crippen LogP contribution is -1.99. The molecule has 2 aromatic rings. The van der Waals surface area contributed by atoms with Crippen molar-refractivity contribution in [2.24, 2.45) is 0 Å². The third-order valence-corrected chi connectivity index (χ3v) is 3.70. The van der Waals surface area contributed by atoms with Crippen LogP contribution in [-0.2, 0) is 6.42 Å². The fraction of sp³-hybridized carbons (Fsp3) is 0.200. The second-order valence-corrected chi connectivity index (χ2v) is 4.99. The molecule has 0 radical (unpaired) electrons. The number of halogens is 2. The molecule has 0 heterocycles. The van der Waals surface area contributed by atoms with Gasteiger partial charge in [-0.15, -0.1) is 0 Å². The third-order valence-electron chi connectivity index (χ3n) is 2.96. The molecular weight excluding hydrogens is 267 g/mol. The fourth-order valence-corrected chi connectivity index (χ4v) is 2.12. The van der Waals surface area contributed by atoms with Crippen molar-refractivity contribution in [3.63, 3.8) is 0 Å². The van der Waals surface area contributed by atoms with Crippen molar-refractivity contribution in [1.82, 2.24) is 0 Å². The van der Waals surface area contributed by atoms with E-state index in [0.29, 0.717) is 10.0 Å². The number of aliphatic hydroxyl groups is 1. The lowest BCUT2D eigenvalue weighted by molar-refractivity contribution is 0.220. The minimum Gasteiger partial charge on any atom is -0.384 e. The highest BCUT2D eigenvalue weighted by Crippen LogP contribution is 2.28. The predicted octanol–water partition coefficient (Wildman–Crippen LogP) is 4.64. The largest absolute Gasteiger partial charge is 0.384 e. The second kappa shape index (κ2) is 5.75. The van der Waals surface area contributed by atoms with E-state index in [9.17, 15) is 5.11 Å². The van der Waals surface area contributed by atoms with Crippen LogP contribution in [0.25, 0.3) is 0 Å². The van der Waals surface area contributed by atoms with E-state index in [1.807, 2.05) is 24.3 Å². The van der Waals surface area contributed by atoms with Crippen molar-refractivity contribution in [3.05, 3.63) is 69.2 Å². The highest BCUT2D eigenvalue weighted by atomic mass is 35.5. The van der Waals surface area contributed by atoms with E-state index >= 15 is 0 Å². The summed E-state index contributed by atoms with van der Waals surface area (Å²) in [6.07, 6.45) is 0.314. The van der Waals surface area contributed by atoms with E-state index in [1.54, 1.807) is 18.2 Å². The average molecular weight is 281 g/mol. The summed E-state index contributed by atoms with van der Waals surface area (Å²) in [6, 6.07) is 13.1. The Morgan fingerprint density at radius 2 is 1.56 bits per heavy atom. The normalized spacial score (nSPS) is 12.4. The predicted molar refractivity (Wildman–Crippen MR) is 76.3 cm³/mol. The van der Waals surface area contributed by atoms with Crippen LogP contribution in [0.2, 0.25) is 10.0 Å². The monoisotopic (exact) mass is 280 g/mol. The van der Waals surface area contributed by atoms with Crippen LogP contribution in [0.15, 0.2) is 42.5 Å². The SMILES string of the molecule is CCc1ccc(C(O)c2ccc(Cl)c(Cl)c2)cc1. The first-order valence-electron chi connectivity index (χ1n) is 5.83. The molecule has 0 saturated heterocycles. The molecular formula is C15H14Cl2O. The van der Waals surface area contributed by atoms with Crippen molar-refractivity contribution in [2.75, 3.05) is 0 Å². The van der Waals surface area contributed by atoms with E-state index in [4.69, 9.17) is 23.2 Å². The highest BCUT2D eigenvalue weighted by molar-refractivity contribution is 6.42. The molecule has 3 heteroatoms. The minimum atomic E-state index is -0.675. The van der Waals surface area contributed by atoms with E-state index in [1.165, 1.54) is 5.56 Å². The van der Waals surface area contributed by atoms with Gasteiger partial charge in [0.05, 0.1) is 10.0 Å². The first-order chi connectivity index (χ1) is 8.61. The van der Waals surface area contributed by atoms with Gasteiger partial charge in [0.1, 0.15) is 6.10 Å². The molecule has 1 unspecified atom stereocenters. The molecule has 0 aliphatic heterocycles. The maximum atomic E-state index is 10.3. The van der Waals surface area contributed by atoms with Gasteiger partial charge in [-0.25, -0.2) is 0 Å². The third kappa shape index (κ3) is 2.86. The number of hydrogen-bond acceptors (Lipinski definition) is 1. The Morgan fingerprint density at radius 1 is 0.944 bits per heavy atom. The van der Waals surface area contributed by atoms with Crippen molar-refractivity contribution in [1.29, 1.82) is 0 Å². The van der Waals surface area contributed by atoms with Gasteiger partial charge in [0.2, 0.25) is 0 Å². The number of hydrogen-bond donors (Lipinski definition) is 1. The van der Waals surface area contributed by atoms with Crippen molar-refractivity contribution in [3.8, 4) is 0 Å². The van der Waals surface area contributed by atoms with Gasteiger partial charge >= 0.3 is 0 Å². The van der Waals surface area contributed by atoms with Gasteiger partial charge in [-0.3, -0.25) is 0 Å². The van der Waals surface area contributed by atoms with Crippen LogP contribution in [0.4, 0.5) is 0 Å². The molecule has 2 rings (SSSR count). The molecule has 0 aromatic heterocycles. The quantitative estimate of drug-likeness (QED) is 0.869. The zero-order valence-electron chi connectivity index (χ0n) is 10.0. The summed E-state index contributed by atoms with van der Waals surface area (Å²) in [5, 5.41) is 11.2. The van der Waals surface area contributed by atoms with Crippen molar-refractivity contribution in [2.45, 2.75) is 19.4 Å². The molecule has 0 saturated carbocycles. The van der Waals surface area contributed by atoms with Gasteiger partial charge in [0.25, 0.3) is 0 Å². The summed E-state index contributed by atoms with van der Waals surface area (Å²) in [5.74, 6) is 0. The molecule has 18 heavy (non-hydrogen) atoms. The van der Waals surface area contributed by atoms with Gasteiger partial charge in [-0.2, -0.15) is 0 Å². The van der Waals surface area contributed by atoms with Crippen molar-refractivity contribution >= 4 is 23.2 Å². The van der Waals surface area contributed by atoms with Crippen LogP contribution < -0.4 is 0 Å². The van der Waals surface area contributed by atoms with Crippen LogP contribution in [0, 0.1) is 0 Å². The summed E-state index contributed by atoms with van der Waals surface area (Å²) in [7, 11) is 0. The van der Waals surface area contributed by atoms with Gasteiger partial charge < -0.3 is 5.11 Å². The van der Waals surface area contributed by atoms with E-state index < -0.39 is 6.10 Å². The molecule has 94 valence electrons. The summed E-state index contributed by atoms with van der Waals surface area (Å²) >= 11 is 11.8. The van der Waals surface area contributed by atoms with Crippen LogP contribution in [0.1, 0.15) is 29.7 Å². The molecule has 0 bridgehead atoms. The molecule has 0 aliphatic carbocycles. The minimum absolute atomic E-state index is 0.457. The standard InChI is InChI=1S/C15H14Cl2O/c1-2-10-3-5-11(6-4-10)15(18)12-7-8-13(16)14(17)9-12/h3-9,15,18H,2H2,1H3. The van der Waals surface area contributed by atoms with E-state index in [0.717, 1.165) is 17.5 Å². The van der Waals surface area contributed by atoms with Gasteiger partial charge in [-0.1, -0.05) is 60.5 Å². The van der Waals surface area contributed by atoms with Gasteiger partial charge in [0.15, 0.2) is 0 Å². The smallest absolute Gasteiger partial charge is 0.104 e. The maximum absolute atomic E-state index is 10.3. The van der Waals surface area contributed by atoms with Crippen molar-refractivity contribution < 1.29 is 5.11 Å². The number of benzene rings is 2. The zero-order chi connectivity index (χ0) is 13.1. The summed E-state index contributed by atoms with van der Waals surface area (Å²) < 4.78 is 0. The Balaban J connectivity index is 2.28. The second-order valence-electron chi connectivity index (χ2n) is 4.17. The number of aliphatic hydroxyl groups excluding tert-OH is 1. The molecule has 0 aliphatic rings. The molecule has 2 aromatic carbocycles. The average Bonchev–Trinajstić information content (AvgIpc) is 2.41.